The number of rotatable bonds is 5. The van der Waals surface area contributed by atoms with Gasteiger partial charge in [0, 0.05) is 10.6 Å². The Balaban J connectivity index is 1.95. The van der Waals surface area contributed by atoms with E-state index in [-0.39, 0.29) is 23.9 Å². The number of aromatic nitrogens is 2. The van der Waals surface area contributed by atoms with Gasteiger partial charge in [0.2, 0.25) is 5.91 Å². The van der Waals surface area contributed by atoms with Crippen LogP contribution >= 0.6 is 11.6 Å². The summed E-state index contributed by atoms with van der Waals surface area (Å²) >= 11 is 5.93. The summed E-state index contributed by atoms with van der Waals surface area (Å²) in [4.78, 5) is 33.4. The average molecular weight is 380 g/mol. The summed E-state index contributed by atoms with van der Waals surface area (Å²) in [7, 11) is 0. The van der Waals surface area contributed by atoms with Crippen molar-refractivity contribution in [3.63, 3.8) is 0 Å². The van der Waals surface area contributed by atoms with Crippen molar-refractivity contribution in [2.75, 3.05) is 5.32 Å². The molecular formula is C21H18ClN3O2. The van der Waals surface area contributed by atoms with E-state index in [4.69, 9.17) is 11.6 Å². The summed E-state index contributed by atoms with van der Waals surface area (Å²) < 4.78 is 0. The Bertz CT molecular complexity index is 986. The van der Waals surface area contributed by atoms with Gasteiger partial charge in [-0.2, -0.15) is 0 Å². The van der Waals surface area contributed by atoms with Crippen LogP contribution in [0.4, 0.5) is 5.82 Å². The molecule has 0 saturated heterocycles. The predicted octanol–water partition coefficient (Wildman–Crippen LogP) is 4.49. The second-order valence-electron chi connectivity index (χ2n) is 6.13. The number of nitrogens with one attached hydrogen (secondary N) is 1. The summed E-state index contributed by atoms with van der Waals surface area (Å²) in [5.74, 6) is 0.194. The summed E-state index contributed by atoms with van der Waals surface area (Å²) in [5.41, 5.74) is 2.45. The largest absolute Gasteiger partial charge is 0.310 e. The number of ketones is 1. The summed E-state index contributed by atoms with van der Waals surface area (Å²) in [6.45, 7) is 3.16. The van der Waals surface area contributed by atoms with Crippen LogP contribution in [0.5, 0.6) is 0 Å². The smallest absolute Gasteiger partial charge is 0.229 e. The molecule has 3 aromatic rings. The number of benzene rings is 2. The fourth-order valence-electron chi connectivity index (χ4n) is 2.77. The topological polar surface area (TPSA) is 72.0 Å². The lowest BCUT2D eigenvalue weighted by atomic mass is 10.1. The van der Waals surface area contributed by atoms with E-state index in [1.165, 1.54) is 6.92 Å². The molecule has 0 unspecified atom stereocenters. The van der Waals surface area contributed by atoms with Crippen molar-refractivity contribution in [2.24, 2.45) is 0 Å². The molecule has 0 saturated carbocycles. The van der Waals surface area contributed by atoms with E-state index in [1.807, 2.05) is 30.3 Å². The first-order valence-electron chi connectivity index (χ1n) is 8.43. The Morgan fingerprint density at radius 3 is 2.30 bits per heavy atom. The molecule has 0 spiro atoms. The molecule has 1 N–H and O–H groups in total. The monoisotopic (exact) mass is 379 g/mol. The molecule has 136 valence electrons. The van der Waals surface area contributed by atoms with Crippen LogP contribution in [0.2, 0.25) is 5.02 Å². The molecule has 0 aliphatic rings. The lowest BCUT2D eigenvalue weighted by Crippen LogP contribution is -2.19. The van der Waals surface area contributed by atoms with Gasteiger partial charge in [0.05, 0.1) is 17.7 Å². The molecule has 27 heavy (non-hydrogen) atoms. The van der Waals surface area contributed by atoms with Crippen LogP contribution in [-0.2, 0) is 11.2 Å². The number of halogens is 1. The van der Waals surface area contributed by atoms with Crippen molar-refractivity contribution in [2.45, 2.75) is 20.3 Å². The minimum Gasteiger partial charge on any atom is -0.310 e. The average Bonchev–Trinajstić information content (AvgIpc) is 2.62. The van der Waals surface area contributed by atoms with Gasteiger partial charge in [-0.1, -0.05) is 41.9 Å². The second kappa shape index (κ2) is 8.10. The molecule has 3 rings (SSSR count). The number of anilines is 1. The van der Waals surface area contributed by atoms with E-state index in [0.717, 1.165) is 11.1 Å². The minimum absolute atomic E-state index is 0.192. The predicted molar refractivity (Wildman–Crippen MR) is 106 cm³/mol. The van der Waals surface area contributed by atoms with Crippen LogP contribution < -0.4 is 5.32 Å². The third kappa shape index (κ3) is 4.57. The summed E-state index contributed by atoms with van der Waals surface area (Å²) in [5, 5.41) is 3.37. The van der Waals surface area contributed by atoms with Gasteiger partial charge in [-0.15, -0.1) is 0 Å². The van der Waals surface area contributed by atoms with Gasteiger partial charge in [-0.3, -0.25) is 9.59 Å². The van der Waals surface area contributed by atoms with Crippen molar-refractivity contribution in [1.82, 2.24) is 9.97 Å². The SMILES string of the molecule is CC(=O)c1c(C)nc(-c2ccc(Cl)cc2)nc1NC(=O)Cc1ccccc1. The van der Waals surface area contributed by atoms with E-state index < -0.39 is 0 Å². The minimum atomic E-state index is -0.246. The molecule has 1 heterocycles. The maximum atomic E-state index is 12.5. The summed E-state index contributed by atoms with van der Waals surface area (Å²) in [6.07, 6.45) is 0.192. The first-order valence-corrected chi connectivity index (χ1v) is 8.81. The van der Waals surface area contributed by atoms with Crippen LogP contribution in [0, 0.1) is 6.92 Å². The zero-order chi connectivity index (χ0) is 19.4. The molecule has 6 heteroatoms. The molecule has 5 nitrogen and oxygen atoms in total. The zero-order valence-electron chi connectivity index (χ0n) is 15.0. The highest BCUT2D eigenvalue weighted by Gasteiger charge is 2.18. The third-order valence-electron chi connectivity index (χ3n) is 4.01. The van der Waals surface area contributed by atoms with E-state index >= 15 is 0 Å². The van der Waals surface area contributed by atoms with Gasteiger partial charge in [0.25, 0.3) is 0 Å². The number of aryl methyl sites for hydroxylation is 1. The first kappa shape index (κ1) is 18.7. The molecule has 2 aromatic carbocycles. The molecule has 1 aromatic heterocycles. The summed E-state index contributed by atoms with van der Waals surface area (Å²) in [6, 6.07) is 16.4. The molecule has 0 bridgehead atoms. The Morgan fingerprint density at radius 2 is 1.67 bits per heavy atom. The number of hydrogen-bond donors (Lipinski definition) is 1. The Labute approximate surface area is 162 Å². The van der Waals surface area contributed by atoms with E-state index in [1.54, 1.807) is 31.2 Å². The van der Waals surface area contributed by atoms with Crippen molar-refractivity contribution < 1.29 is 9.59 Å². The fourth-order valence-corrected chi connectivity index (χ4v) is 2.90. The van der Waals surface area contributed by atoms with Gasteiger partial charge in [0.15, 0.2) is 11.6 Å². The van der Waals surface area contributed by atoms with Gasteiger partial charge < -0.3 is 5.32 Å². The highest BCUT2D eigenvalue weighted by molar-refractivity contribution is 6.30. The lowest BCUT2D eigenvalue weighted by molar-refractivity contribution is -0.115. The van der Waals surface area contributed by atoms with Crippen LogP contribution in [0.1, 0.15) is 28.5 Å². The maximum Gasteiger partial charge on any atom is 0.229 e. The number of carbonyl (C=O) groups is 2. The molecule has 0 fully saturated rings. The molecule has 1 amide bonds. The van der Waals surface area contributed by atoms with Gasteiger partial charge in [-0.25, -0.2) is 9.97 Å². The van der Waals surface area contributed by atoms with Crippen LogP contribution in [0.3, 0.4) is 0 Å². The standard InChI is InChI=1S/C21H18ClN3O2/c1-13-19(14(2)26)21(24-18(27)12-15-6-4-3-5-7-15)25-20(23-13)16-8-10-17(22)11-9-16/h3-11H,12H2,1-2H3,(H,23,24,25,27). The number of carbonyl (C=O) groups excluding carboxylic acids is 2. The molecule has 0 atom stereocenters. The lowest BCUT2D eigenvalue weighted by Gasteiger charge is -2.13. The molecule has 0 radical (unpaired) electrons. The number of amides is 1. The van der Waals surface area contributed by atoms with E-state index in [9.17, 15) is 9.59 Å². The van der Waals surface area contributed by atoms with Gasteiger partial charge >= 0.3 is 0 Å². The van der Waals surface area contributed by atoms with Crippen molar-refractivity contribution >= 4 is 29.1 Å². The van der Waals surface area contributed by atoms with Crippen molar-refractivity contribution in [3.05, 3.63) is 76.4 Å². The highest BCUT2D eigenvalue weighted by atomic mass is 35.5. The zero-order valence-corrected chi connectivity index (χ0v) is 15.7. The molecule has 0 aliphatic carbocycles. The Morgan fingerprint density at radius 1 is 1.00 bits per heavy atom. The van der Waals surface area contributed by atoms with Gasteiger partial charge in [-0.05, 0) is 43.7 Å². The highest BCUT2D eigenvalue weighted by Crippen LogP contribution is 2.24. The molecule has 0 aliphatic heterocycles. The maximum absolute atomic E-state index is 12.5. The normalized spacial score (nSPS) is 10.5. The van der Waals surface area contributed by atoms with E-state index in [2.05, 4.69) is 15.3 Å². The number of nitrogens with zero attached hydrogens (tertiary/aromatic N) is 2. The number of hydrogen-bond acceptors (Lipinski definition) is 4. The van der Waals surface area contributed by atoms with E-state index in [0.29, 0.717) is 22.1 Å². The Kier molecular flexibility index (Phi) is 5.62. The van der Waals surface area contributed by atoms with Crippen LogP contribution in [-0.4, -0.2) is 21.7 Å². The van der Waals surface area contributed by atoms with Crippen LogP contribution in [0.25, 0.3) is 11.4 Å². The fraction of sp³-hybridized carbons (Fsp3) is 0.143. The first-order chi connectivity index (χ1) is 12.9. The van der Waals surface area contributed by atoms with Crippen molar-refractivity contribution in [1.29, 1.82) is 0 Å². The van der Waals surface area contributed by atoms with Gasteiger partial charge in [0.1, 0.15) is 5.82 Å². The second-order valence-corrected chi connectivity index (χ2v) is 6.57. The quantitative estimate of drug-likeness (QED) is 0.663. The Hall–Kier alpha value is -3.05. The number of Topliss-reactive ketones (excluding diaryl/α,β-unsaturated/α-hetero) is 1. The molecular weight excluding hydrogens is 362 g/mol. The third-order valence-corrected chi connectivity index (χ3v) is 4.26. The van der Waals surface area contributed by atoms with Crippen LogP contribution in [0.15, 0.2) is 54.6 Å². The van der Waals surface area contributed by atoms with Crippen molar-refractivity contribution in [3.8, 4) is 11.4 Å².